The van der Waals surface area contributed by atoms with Crippen molar-refractivity contribution in [1.82, 2.24) is 0 Å². The van der Waals surface area contributed by atoms with Gasteiger partial charge < -0.3 is 14.2 Å². The molecule has 0 unspecified atom stereocenters. The van der Waals surface area contributed by atoms with Crippen LogP contribution in [-0.4, -0.2) is 26.3 Å². The first-order chi connectivity index (χ1) is 15.2. The van der Waals surface area contributed by atoms with Gasteiger partial charge in [-0.05, 0) is 48.2 Å². The lowest BCUT2D eigenvalue weighted by Crippen LogP contribution is -2.01. The van der Waals surface area contributed by atoms with Crippen LogP contribution in [0.1, 0.15) is 57.8 Å². The van der Waals surface area contributed by atoms with E-state index < -0.39 is 0 Å². The molecule has 0 aromatic heterocycles. The van der Waals surface area contributed by atoms with E-state index in [0.29, 0.717) is 6.61 Å². The average Bonchev–Trinajstić information content (AvgIpc) is 2.82. The number of benzene rings is 2. The number of methoxy groups -OCH3 is 1. The van der Waals surface area contributed by atoms with Crippen LogP contribution in [0.15, 0.2) is 61.2 Å². The fourth-order valence-electron chi connectivity index (χ4n) is 3.39. The first kappa shape index (κ1) is 24.5. The molecular weight excluding hydrogens is 388 g/mol. The zero-order chi connectivity index (χ0) is 22.2. The van der Waals surface area contributed by atoms with Gasteiger partial charge in [0.15, 0.2) is 0 Å². The van der Waals surface area contributed by atoms with Crippen molar-refractivity contribution in [2.75, 3.05) is 20.3 Å². The summed E-state index contributed by atoms with van der Waals surface area (Å²) < 4.78 is 16.1. The van der Waals surface area contributed by atoms with E-state index in [1.807, 2.05) is 24.3 Å². The molecule has 168 valence electrons. The number of hydrogen-bond acceptors (Lipinski definition) is 4. The van der Waals surface area contributed by atoms with E-state index in [2.05, 4.69) is 30.8 Å². The van der Waals surface area contributed by atoms with Crippen molar-refractivity contribution in [2.45, 2.75) is 57.8 Å². The van der Waals surface area contributed by atoms with E-state index in [-0.39, 0.29) is 5.97 Å². The highest BCUT2D eigenvalue weighted by Crippen LogP contribution is 2.24. The summed E-state index contributed by atoms with van der Waals surface area (Å²) in [5, 5.41) is 0. The minimum atomic E-state index is -0.324. The highest BCUT2D eigenvalue weighted by molar-refractivity contribution is 5.81. The van der Waals surface area contributed by atoms with Crippen LogP contribution in [0.5, 0.6) is 11.5 Å². The van der Waals surface area contributed by atoms with Gasteiger partial charge in [0.05, 0.1) is 20.3 Å². The van der Waals surface area contributed by atoms with E-state index in [9.17, 15) is 4.79 Å². The summed E-state index contributed by atoms with van der Waals surface area (Å²) >= 11 is 0. The maximum absolute atomic E-state index is 10.9. The van der Waals surface area contributed by atoms with E-state index in [4.69, 9.17) is 14.2 Å². The Kier molecular flexibility index (Phi) is 12.0. The molecule has 2 aromatic rings. The molecule has 0 radical (unpaired) electrons. The number of carbonyl (C=O) groups excluding carboxylic acids is 1. The maximum atomic E-state index is 10.9. The Bertz CT molecular complexity index is 750. The number of ether oxygens (including phenoxy) is 3. The van der Waals surface area contributed by atoms with Crippen molar-refractivity contribution in [2.24, 2.45) is 0 Å². The molecule has 0 aliphatic heterocycles. The molecule has 0 aliphatic carbocycles. The van der Waals surface area contributed by atoms with Crippen LogP contribution < -0.4 is 9.47 Å². The first-order valence-electron chi connectivity index (χ1n) is 11.4. The van der Waals surface area contributed by atoms with Gasteiger partial charge in [0.1, 0.15) is 11.5 Å². The second-order valence-corrected chi connectivity index (χ2v) is 7.65. The van der Waals surface area contributed by atoms with Crippen LogP contribution in [0.25, 0.3) is 11.1 Å². The second kappa shape index (κ2) is 15.1. The molecule has 4 heteroatoms. The summed E-state index contributed by atoms with van der Waals surface area (Å²) in [7, 11) is 1.68. The molecule has 0 atom stereocenters. The minimum Gasteiger partial charge on any atom is -0.497 e. The van der Waals surface area contributed by atoms with Gasteiger partial charge in [-0.25, -0.2) is 4.79 Å². The normalized spacial score (nSPS) is 10.5. The number of esters is 1. The van der Waals surface area contributed by atoms with Gasteiger partial charge >= 0.3 is 5.97 Å². The fourth-order valence-corrected chi connectivity index (χ4v) is 3.39. The lowest BCUT2D eigenvalue weighted by Gasteiger charge is -2.08. The Balaban J connectivity index is 1.46. The molecule has 0 heterocycles. The lowest BCUT2D eigenvalue weighted by molar-refractivity contribution is -0.137. The summed E-state index contributed by atoms with van der Waals surface area (Å²) in [5.74, 6) is 1.47. The van der Waals surface area contributed by atoms with Crippen molar-refractivity contribution in [1.29, 1.82) is 0 Å². The van der Waals surface area contributed by atoms with Crippen LogP contribution >= 0.6 is 0 Å². The Morgan fingerprint density at radius 2 is 1.16 bits per heavy atom. The quantitative estimate of drug-likeness (QED) is 0.166. The minimum absolute atomic E-state index is 0.324. The Labute approximate surface area is 187 Å². The van der Waals surface area contributed by atoms with Gasteiger partial charge in [-0.3, -0.25) is 0 Å². The SMILES string of the molecule is C=CC(=O)OCCCCCCCCCCCOc1ccc(-c2ccc(OC)cc2)cc1. The van der Waals surface area contributed by atoms with Crippen molar-refractivity contribution in [3.05, 3.63) is 61.2 Å². The Hall–Kier alpha value is -2.75. The molecular formula is C27H36O4. The summed E-state index contributed by atoms with van der Waals surface area (Å²) in [6.07, 6.45) is 11.9. The lowest BCUT2D eigenvalue weighted by atomic mass is 10.1. The number of carbonyl (C=O) groups is 1. The summed E-state index contributed by atoms with van der Waals surface area (Å²) in [4.78, 5) is 10.9. The fraction of sp³-hybridized carbons (Fsp3) is 0.444. The van der Waals surface area contributed by atoms with Crippen molar-refractivity contribution in [3.8, 4) is 22.6 Å². The molecule has 0 saturated carbocycles. The van der Waals surface area contributed by atoms with E-state index in [1.54, 1.807) is 7.11 Å². The predicted octanol–water partition coefficient (Wildman–Crippen LogP) is 6.98. The monoisotopic (exact) mass is 424 g/mol. The van der Waals surface area contributed by atoms with Crippen LogP contribution in [0, 0.1) is 0 Å². The van der Waals surface area contributed by atoms with Gasteiger partial charge in [-0.1, -0.05) is 75.8 Å². The van der Waals surface area contributed by atoms with E-state index >= 15 is 0 Å². The van der Waals surface area contributed by atoms with E-state index in [0.717, 1.165) is 37.4 Å². The van der Waals surface area contributed by atoms with Crippen molar-refractivity contribution < 1.29 is 19.0 Å². The molecule has 2 aromatic carbocycles. The summed E-state index contributed by atoms with van der Waals surface area (Å²) in [6, 6.07) is 16.4. The van der Waals surface area contributed by atoms with Gasteiger partial charge in [0, 0.05) is 6.08 Å². The molecule has 0 N–H and O–H groups in total. The highest BCUT2D eigenvalue weighted by Gasteiger charge is 2.00. The van der Waals surface area contributed by atoms with Crippen LogP contribution in [0.3, 0.4) is 0 Å². The van der Waals surface area contributed by atoms with Gasteiger partial charge in [-0.15, -0.1) is 0 Å². The molecule has 31 heavy (non-hydrogen) atoms. The standard InChI is InChI=1S/C27H36O4/c1-3-27(28)31-22-12-10-8-6-4-5-7-9-11-21-30-26-19-15-24(16-20-26)23-13-17-25(29-2)18-14-23/h3,13-20H,1,4-12,21-22H2,2H3. The summed E-state index contributed by atoms with van der Waals surface area (Å²) in [6.45, 7) is 4.66. The smallest absolute Gasteiger partial charge is 0.330 e. The van der Waals surface area contributed by atoms with E-state index in [1.165, 1.54) is 55.7 Å². The number of unbranched alkanes of at least 4 members (excludes halogenated alkanes) is 8. The third-order valence-corrected chi connectivity index (χ3v) is 5.25. The third kappa shape index (κ3) is 10.2. The maximum Gasteiger partial charge on any atom is 0.330 e. The zero-order valence-electron chi connectivity index (χ0n) is 18.8. The van der Waals surface area contributed by atoms with Crippen molar-refractivity contribution in [3.63, 3.8) is 0 Å². The summed E-state index contributed by atoms with van der Waals surface area (Å²) in [5.41, 5.74) is 2.34. The zero-order valence-corrected chi connectivity index (χ0v) is 18.8. The van der Waals surface area contributed by atoms with Gasteiger partial charge in [0.2, 0.25) is 0 Å². The highest BCUT2D eigenvalue weighted by atomic mass is 16.5. The second-order valence-electron chi connectivity index (χ2n) is 7.65. The topological polar surface area (TPSA) is 44.8 Å². The van der Waals surface area contributed by atoms with Gasteiger partial charge in [0.25, 0.3) is 0 Å². The Morgan fingerprint density at radius 1 is 0.710 bits per heavy atom. The molecule has 0 spiro atoms. The van der Waals surface area contributed by atoms with Crippen LogP contribution in [0.2, 0.25) is 0 Å². The molecule has 0 aliphatic rings. The van der Waals surface area contributed by atoms with Crippen molar-refractivity contribution >= 4 is 5.97 Å². The molecule has 2 rings (SSSR count). The predicted molar refractivity (Wildman–Crippen MR) is 127 cm³/mol. The molecule has 0 fully saturated rings. The molecule has 0 amide bonds. The van der Waals surface area contributed by atoms with Crippen LogP contribution in [-0.2, 0) is 9.53 Å². The average molecular weight is 425 g/mol. The van der Waals surface area contributed by atoms with Crippen LogP contribution in [0.4, 0.5) is 0 Å². The number of hydrogen-bond donors (Lipinski definition) is 0. The number of rotatable bonds is 16. The molecule has 0 bridgehead atoms. The third-order valence-electron chi connectivity index (χ3n) is 5.25. The molecule has 0 saturated heterocycles. The largest absolute Gasteiger partial charge is 0.497 e. The molecule has 4 nitrogen and oxygen atoms in total. The Morgan fingerprint density at radius 3 is 1.65 bits per heavy atom. The first-order valence-corrected chi connectivity index (χ1v) is 11.4. The van der Waals surface area contributed by atoms with Gasteiger partial charge in [-0.2, -0.15) is 0 Å².